The fourth-order valence-corrected chi connectivity index (χ4v) is 2.41. The van der Waals surface area contributed by atoms with Crippen LogP contribution in [0.1, 0.15) is 11.5 Å². The summed E-state index contributed by atoms with van der Waals surface area (Å²) >= 11 is 9.65. The summed E-state index contributed by atoms with van der Waals surface area (Å²) in [5, 5.41) is 4.35. The van der Waals surface area contributed by atoms with Gasteiger partial charge in [0.1, 0.15) is 10.8 Å². The van der Waals surface area contributed by atoms with Gasteiger partial charge in [-0.05, 0) is 48.0 Å². The lowest BCUT2D eigenvalue weighted by atomic mass is 10.2. The van der Waals surface area contributed by atoms with E-state index in [9.17, 15) is 0 Å². The molecule has 0 aliphatic carbocycles. The van der Waals surface area contributed by atoms with Gasteiger partial charge in [-0.25, -0.2) is 0 Å². The van der Waals surface area contributed by atoms with Crippen molar-refractivity contribution in [1.29, 1.82) is 0 Å². The second-order valence-electron chi connectivity index (χ2n) is 4.70. The Morgan fingerprint density at radius 1 is 1.13 bits per heavy atom. The lowest BCUT2D eigenvalue weighted by molar-refractivity contribution is 0.410. The maximum absolute atomic E-state index is 6.26. The molecule has 0 N–H and O–H groups in total. The van der Waals surface area contributed by atoms with Gasteiger partial charge in [-0.15, -0.1) is 0 Å². The highest BCUT2D eigenvalue weighted by atomic mass is 79.9. The lowest BCUT2D eigenvalue weighted by Gasteiger charge is -1.98. The van der Waals surface area contributed by atoms with Crippen LogP contribution in [0.5, 0.6) is 5.75 Å². The molecule has 0 saturated carbocycles. The number of benzene rings is 2. The molecule has 2 aromatic carbocycles. The van der Waals surface area contributed by atoms with Gasteiger partial charge < -0.3 is 9.26 Å². The van der Waals surface area contributed by atoms with Crippen molar-refractivity contribution in [2.24, 2.45) is 0 Å². The highest BCUT2D eigenvalue weighted by Crippen LogP contribution is 2.25. The summed E-state index contributed by atoms with van der Waals surface area (Å²) in [5.41, 5.74) is 1.77. The van der Waals surface area contributed by atoms with Crippen molar-refractivity contribution in [3.05, 3.63) is 64.5 Å². The molecule has 3 aromatic rings. The third kappa shape index (κ3) is 3.81. The molecule has 3 rings (SSSR count). The van der Waals surface area contributed by atoms with Crippen LogP contribution in [0.15, 0.2) is 57.5 Å². The van der Waals surface area contributed by atoms with Crippen molar-refractivity contribution in [2.75, 3.05) is 7.11 Å². The molecule has 0 spiro atoms. The summed E-state index contributed by atoms with van der Waals surface area (Å²) < 4.78 is 11.4. The fraction of sp³-hybridized carbons (Fsp3) is 0.0588. The first kappa shape index (κ1) is 15.8. The van der Waals surface area contributed by atoms with E-state index in [0.717, 1.165) is 21.3 Å². The highest BCUT2D eigenvalue weighted by molar-refractivity contribution is 9.10. The van der Waals surface area contributed by atoms with E-state index in [0.29, 0.717) is 10.9 Å². The Morgan fingerprint density at radius 2 is 1.83 bits per heavy atom. The zero-order valence-electron chi connectivity index (χ0n) is 12.2. The highest BCUT2D eigenvalue weighted by Gasteiger charge is 2.11. The van der Waals surface area contributed by atoms with E-state index < -0.39 is 0 Å². The van der Waals surface area contributed by atoms with Gasteiger partial charge >= 0.3 is 0 Å². The summed E-state index contributed by atoms with van der Waals surface area (Å²) in [6, 6.07) is 15.1. The lowest BCUT2D eigenvalue weighted by Crippen LogP contribution is -1.84. The Bertz CT molecular complexity index is 827. The smallest absolute Gasteiger partial charge is 0.269 e. The summed E-state index contributed by atoms with van der Waals surface area (Å²) in [6.45, 7) is 0. The fourth-order valence-electron chi connectivity index (χ4n) is 1.94. The van der Waals surface area contributed by atoms with E-state index >= 15 is 0 Å². The number of hydrogen-bond acceptors (Lipinski definition) is 4. The molecule has 0 aliphatic rings. The first-order chi connectivity index (χ1) is 11.2. The zero-order chi connectivity index (χ0) is 16.2. The molecule has 0 fully saturated rings. The van der Waals surface area contributed by atoms with E-state index in [1.165, 1.54) is 0 Å². The Morgan fingerprint density at radius 3 is 2.48 bits per heavy atom. The van der Waals surface area contributed by atoms with Gasteiger partial charge in [-0.3, -0.25) is 0 Å². The Labute approximate surface area is 146 Å². The van der Waals surface area contributed by atoms with Gasteiger partial charge in [0.2, 0.25) is 5.82 Å². The molecule has 116 valence electrons. The topological polar surface area (TPSA) is 48.2 Å². The van der Waals surface area contributed by atoms with Crippen LogP contribution < -0.4 is 4.74 Å². The van der Waals surface area contributed by atoms with Crippen molar-refractivity contribution >= 4 is 38.6 Å². The number of nitrogens with zero attached hydrogens (tertiary/aromatic N) is 2. The van der Waals surface area contributed by atoms with E-state index in [1.807, 2.05) is 48.5 Å². The van der Waals surface area contributed by atoms with Crippen molar-refractivity contribution in [3.63, 3.8) is 0 Å². The van der Waals surface area contributed by atoms with Gasteiger partial charge in [0, 0.05) is 10.0 Å². The van der Waals surface area contributed by atoms with Crippen LogP contribution in [0.4, 0.5) is 0 Å². The van der Waals surface area contributed by atoms with Crippen LogP contribution in [0.2, 0.25) is 0 Å². The molecule has 0 atom stereocenters. The normalized spacial score (nSPS) is 11.5. The van der Waals surface area contributed by atoms with Crippen molar-refractivity contribution in [2.45, 2.75) is 0 Å². The number of ether oxygens (including phenoxy) is 1. The minimum atomic E-state index is 0.278. The molecule has 1 aromatic heterocycles. The zero-order valence-corrected chi connectivity index (χ0v) is 14.5. The molecule has 23 heavy (non-hydrogen) atoms. The molecule has 6 heteroatoms. The van der Waals surface area contributed by atoms with Gasteiger partial charge in [0.15, 0.2) is 0 Å². The van der Waals surface area contributed by atoms with E-state index in [-0.39, 0.29) is 5.89 Å². The minimum absolute atomic E-state index is 0.278. The van der Waals surface area contributed by atoms with Crippen molar-refractivity contribution < 1.29 is 9.26 Å². The number of aromatic nitrogens is 2. The molecular weight excluding hydrogens is 380 g/mol. The average Bonchev–Trinajstić information content (AvgIpc) is 3.07. The van der Waals surface area contributed by atoms with Crippen LogP contribution in [0.3, 0.4) is 0 Å². The second kappa shape index (κ2) is 6.98. The predicted octanol–water partition coefficient (Wildman–Crippen LogP) is 5.24. The average molecular weight is 392 g/mol. The Hall–Kier alpha value is -2.11. The SMILES string of the molecule is COc1ccc(-c2noc(/C(Cl)=C/c3ccc(Br)cc3)n2)cc1. The maximum atomic E-state index is 6.26. The summed E-state index contributed by atoms with van der Waals surface area (Å²) in [4.78, 5) is 4.32. The number of methoxy groups -OCH3 is 1. The van der Waals surface area contributed by atoms with Crippen LogP contribution in [-0.4, -0.2) is 17.3 Å². The number of rotatable bonds is 4. The number of halogens is 2. The third-order valence-electron chi connectivity index (χ3n) is 3.14. The minimum Gasteiger partial charge on any atom is -0.497 e. The molecule has 0 amide bonds. The predicted molar refractivity (Wildman–Crippen MR) is 94.2 cm³/mol. The molecule has 0 saturated heterocycles. The second-order valence-corrected chi connectivity index (χ2v) is 6.02. The van der Waals surface area contributed by atoms with Crippen molar-refractivity contribution in [1.82, 2.24) is 10.1 Å². The third-order valence-corrected chi connectivity index (χ3v) is 3.94. The summed E-state index contributed by atoms with van der Waals surface area (Å²) in [6.07, 6.45) is 1.78. The monoisotopic (exact) mass is 390 g/mol. The van der Waals surface area contributed by atoms with Gasteiger partial charge in [0.25, 0.3) is 5.89 Å². The first-order valence-electron chi connectivity index (χ1n) is 6.77. The number of hydrogen-bond donors (Lipinski definition) is 0. The van der Waals surface area contributed by atoms with E-state index in [4.69, 9.17) is 20.9 Å². The molecular formula is C17H12BrClN2O2. The largest absolute Gasteiger partial charge is 0.497 e. The van der Waals surface area contributed by atoms with Crippen LogP contribution in [0, 0.1) is 0 Å². The van der Waals surface area contributed by atoms with Crippen LogP contribution in [0.25, 0.3) is 22.5 Å². The quantitative estimate of drug-likeness (QED) is 0.610. The van der Waals surface area contributed by atoms with Gasteiger partial charge in [0.05, 0.1) is 7.11 Å². The molecule has 0 bridgehead atoms. The maximum Gasteiger partial charge on any atom is 0.269 e. The van der Waals surface area contributed by atoms with Gasteiger partial charge in [-0.2, -0.15) is 4.98 Å². The standard InChI is InChI=1S/C17H12BrClN2O2/c1-22-14-8-4-12(5-9-14)16-20-17(23-21-16)15(19)10-11-2-6-13(18)7-3-11/h2-10H,1H3/b15-10-. The molecule has 4 nitrogen and oxygen atoms in total. The van der Waals surface area contributed by atoms with Crippen LogP contribution in [-0.2, 0) is 0 Å². The summed E-state index contributed by atoms with van der Waals surface area (Å²) in [5.74, 6) is 1.52. The Kier molecular flexibility index (Phi) is 4.79. The summed E-state index contributed by atoms with van der Waals surface area (Å²) in [7, 11) is 1.62. The Balaban J connectivity index is 1.84. The van der Waals surface area contributed by atoms with Gasteiger partial charge in [-0.1, -0.05) is 44.8 Å². The first-order valence-corrected chi connectivity index (χ1v) is 7.94. The molecule has 0 radical (unpaired) electrons. The van der Waals surface area contributed by atoms with Crippen LogP contribution >= 0.6 is 27.5 Å². The van der Waals surface area contributed by atoms with Crippen molar-refractivity contribution in [3.8, 4) is 17.1 Å². The van der Waals surface area contributed by atoms with E-state index in [1.54, 1.807) is 13.2 Å². The molecule has 0 aliphatic heterocycles. The van der Waals surface area contributed by atoms with E-state index in [2.05, 4.69) is 26.1 Å². The molecule has 0 unspecified atom stereocenters. The molecule has 1 heterocycles.